The fourth-order valence-corrected chi connectivity index (χ4v) is 3.52. The first-order valence-electron chi connectivity index (χ1n) is 7.57. The van der Waals surface area contributed by atoms with Gasteiger partial charge < -0.3 is 5.73 Å². The Bertz CT molecular complexity index is 479. The van der Waals surface area contributed by atoms with Crippen molar-refractivity contribution in [1.82, 2.24) is 0 Å². The summed E-state index contributed by atoms with van der Waals surface area (Å²) in [6, 6.07) is 5.72. The Kier molecular flexibility index (Phi) is 4.66. The number of rotatable bonds is 3. The molecular formula is C17H24F3N. The normalized spacial score (nSPS) is 25.8. The smallest absolute Gasteiger partial charge is 0.330 e. The zero-order valence-corrected chi connectivity index (χ0v) is 12.7. The highest BCUT2D eigenvalue weighted by molar-refractivity contribution is 5.26. The Balaban J connectivity index is 2.15. The minimum Gasteiger partial charge on any atom is -0.330 e. The van der Waals surface area contributed by atoms with Crippen LogP contribution in [0.5, 0.6) is 0 Å². The van der Waals surface area contributed by atoms with Crippen molar-refractivity contribution in [2.75, 3.05) is 6.54 Å². The van der Waals surface area contributed by atoms with Gasteiger partial charge in [0, 0.05) is 0 Å². The van der Waals surface area contributed by atoms with E-state index in [-0.39, 0.29) is 5.41 Å². The third kappa shape index (κ3) is 4.22. The highest BCUT2D eigenvalue weighted by atomic mass is 19.4. The van der Waals surface area contributed by atoms with Crippen molar-refractivity contribution in [2.24, 2.45) is 23.0 Å². The molecule has 0 radical (unpaired) electrons. The summed E-state index contributed by atoms with van der Waals surface area (Å²) in [5.41, 5.74) is 6.33. The van der Waals surface area contributed by atoms with Crippen LogP contribution in [0.15, 0.2) is 24.3 Å². The van der Waals surface area contributed by atoms with E-state index in [4.69, 9.17) is 5.73 Å². The highest BCUT2D eigenvalue weighted by Gasteiger charge is 2.35. The van der Waals surface area contributed by atoms with Crippen LogP contribution in [0.3, 0.4) is 0 Å². The number of nitrogens with two attached hydrogens (primary N) is 1. The molecule has 0 heterocycles. The van der Waals surface area contributed by atoms with Gasteiger partial charge in [-0.25, -0.2) is 0 Å². The Labute approximate surface area is 124 Å². The first kappa shape index (κ1) is 16.3. The molecule has 2 unspecified atom stereocenters. The van der Waals surface area contributed by atoms with Crippen molar-refractivity contribution in [2.45, 2.75) is 45.7 Å². The second kappa shape index (κ2) is 5.99. The van der Waals surface area contributed by atoms with Crippen molar-refractivity contribution in [3.05, 3.63) is 35.4 Å². The molecule has 2 rings (SSSR count). The lowest BCUT2D eigenvalue weighted by Crippen LogP contribution is -2.35. The van der Waals surface area contributed by atoms with Crippen LogP contribution in [0.4, 0.5) is 13.2 Å². The van der Waals surface area contributed by atoms with Gasteiger partial charge in [0.15, 0.2) is 0 Å². The summed E-state index contributed by atoms with van der Waals surface area (Å²) < 4.78 is 38.4. The largest absolute Gasteiger partial charge is 0.416 e. The summed E-state index contributed by atoms with van der Waals surface area (Å²) in [6.07, 6.45) is -0.323. The maximum atomic E-state index is 12.8. The molecule has 1 saturated carbocycles. The van der Waals surface area contributed by atoms with Gasteiger partial charge in [-0.05, 0) is 61.1 Å². The van der Waals surface area contributed by atoms with Gasteiger partial charge in [0.05, 0.1) is 5.56 Å². The van der Waals surface area contributed by atoms with Crippen LogP contribution in [0.2, 0.25) is 0 Å². The third-order valence-corrected chi connectivity index (χ3v) is 4.73. The van der Waals surface area contributed by atoms with E-state index in [1.165, 1.54) is 12.1 Å². The van der Waals surface area contributed by atoms with Crippen LogP contribution in [0, 0.1) is 17.3 Å². The van der Waals surface area contributed by atoms with Crippen molar-refractivity contribution in [1.29, 1.82) is 0 Å². The monoisotopic (exact) mass is 299 g/mol. The summed E-state index contributed by atoms with van der Waals surface area (Å²) in [4.78, 5) is 0. The van der Waals surface area contributed by atoms with Gasteiger partial charge in [-0.1, -0.05) is 32.0 Å². The maximum absolute atomic E-state index is 12.8. The summed E-state index contributed by atoms with van der Waals surface area (Å²) in [5.74, 6) is 0.801. The average Bonchev–Trinajstić information content (AvgIpc) is 2.37. The third-order valence-electron chi connectivity index (χ3n) is 4.73. The summed E-state index contributed by atoms with van der Waals surface area (Å²) in [6.45, 7) is 5.09. The summed E-state index contributed by atoms with van der Waals surface area (Å²) in [5, 5.41) is 0. The Hall–Kier alpha value is -1.03. The molecule has 1 aromatic carbocycles. The van der Waals surface area contributed by atoms with Crippen LogP contribution < -0.4 is 5.73 Å². The van der Waals surface area contributed by atoms with Crippen LogP contribution in [0.1, 0.15) is 44.2 Å². The Morgan fingerprint density at radius 1 is 1.24 bits per heavy atom. The van der Waals surface area contributed by atoms with Crippen LogP contribution in [0.25, 0.3) is 0 Å². The Morgan fingerprint density at radius 2 is 1.95 bits per heavy atom. The molecule has 2 atom stereocenters. The minimum atomic E-state index is -4.27. The van der Waals surface area contributed by atoms with E-state index in [0.717, 1.165) is 30.9 Å². The molecule has 0 aromatic heterocycles. The van der Waals surface area contributed by atoms with Crippen LogP contribution in [-0.2, 0) is 12.6 Å². The molecule has 0 amide bonds. The van der Waals surface area contributed by atoms with E-state index in [0.29, 0.717) is 24.8 Å². The fourth-order valence-electron chi connectivity index (χ4n) is 3.52. The topological polar surface area (TPSA) is 26.0 Å². The molecule has 2 N–H and O–H groups in total. The van der Waals surface area contributed by atoms with Crippen molar-refractivity contribution in [3.8, 4) is 0 Å². The quantitative estimate of drug-likeness (QED) is 0.864. The molecule has 0 saturated heterocycles. The van der Waals surface area contributed by atoms with E-state index >= 15 is 0 Å². The fraction of sp³-hybridized carbons (Fsp3) is 0.647. The van der Waals surface area contributed by atoms with Crippen molar-refractivity contribution < 1.29 is 13.2 Å². The van der Waals surface area contributed by atoms with E-state index < -0.39 is 11.7 Å². The first-order chi connectivity index (χ1) is 9.71. The zero-order valence-electron chi connectivity index (χ0n) is 12.7. The molecule has 118 valence electrons. The van der Waals surface area contributed by atoms with E-state index in [2.05, 4.69) is 13.8 Å². The Morgan fingerprint density at radius 3 is 2.57 bits per heavy atom. The molecule has 0 spiro atoms. The van der Waals surface area contributed by atoms with Crippen LogP contribution >= 0.6 is 0 Å². The van der Waals surface area contributed by atoms with Crippen molar-refractivity contribution in [3.63, 3.8) is 0 Å². The van der Waals surface area contributed by atoms with Gasteiger partial charge in [0.2, 0.25) is 0 Å². The number of hydrogen-bond donors (Lipinski definition) is 1. The maximum Gasteiger partial charge on any atom is 0.416 e. The van der Waals surface area contributed by atoms with Gasteiger partial charge in [-0.3, -0.25) is 0 Å². The van der Waals surface area contributed by atoms with Gasteiger partial charge in [-0.2, -0.15) is 13.2 Å². The molecule has 0 bridgehead atoms. The summed E-state index contributed by atoms with van der Waals surface area (Å²) in [7, 11) is 0. The molecule has 1 aliphatic carbocycles. The van der Waals surface area contributed by atoms with Gasteiger partial charge in [-0.15, -0.1) is 0 Å². The van der Waals surface area contributed by atoms with Crippen molar-refractivity contribution >= 4 is 0 Å². The number of alkyl halides is 3. The van der Waals surface area contributed by atoms with E-state index in [1.807, 2.05) is 0 Å². The molecule has 4 heteroatoms. The number of halogens is 3. The lowest BCUT2D eigenvalue weighted by atomic mass is 9.65. The average molecular weight is 299 g/mol. The van der Waals surface area contributed by atoms with Crippen LogP contribution in [-0.4, -0.2) is 6.54 Å². The van der Waals surface area contributed by atoms with Gasteiger partial charge >= 0.3 is 6.18 Å². The molecule has 1 aliphatic rings. The van der Waals surface area contributed by atoms with Gasteiger partial charge in [0.25, 0.3) is 0 Å². The predicted molar refractivity (Wildman–Crippen MR) is 78.8 cm³/mol. The number of hydrogen-bond acceptors (Lipinski definition) is 1. The predicted octanol–water partition coefficient (Wildman–Crippen LogP) is 4.65. The lowest BCUT2D eigenvalue weighted by molar-refractivity contribution is -0.137. The zero-order chi connectivity index (χ0) is 15.7. The SMILES string of the molecule is CC1(C)CCC(CN)C(Cc2cccc(C(F)(F)F)c2)C1. The second-order valence-electron chi connectivity index (χ2n) is 7.07. The number of benzene rings is 1. The minimum absolute atomic E-state index is 0.262. The molecule has 1 fully saturated rings. The highest BCUT2D eigenvalue weighted by Crippen LogP contribution is 2.43. The standard InChI is InChI=1S/C17H24F3N/c1-16(2)7-6-13(11-21)14(10-16)8-12-4-3-5-15(9-12)17(18,19)20/h3-5,9,13-14H,6-8,10-11,21H2,1-2H3. The molecular weight excluding hydrogens is 275 g/mol. The molecule has 1 nitrogen and oxygen atoms in total. The second-order valence-corrected chi connectivity index (χ2v) is 7.07. The lowest BCUT2D eigenvalue weighted by Gasteiger charge is -2.40. The van der Waals surface area contributed by atoms with Gasteiger partial charge in [0.1, 0.15) is 0 Å². The molecule has 1 aromatic rings. The molecule has 0 aliphatic heterocycles. The molecule has 21 heavy (non-hydrogen) atoms. The van der Waals surface area contributed by atoms with E-state index in [1.54, 1.807) is 6.07 Å². The summed E-state index contributed by atoms with van der Waals surface area (Å²) >= 11 is 0. The first-order valence-corrected chi connectivity index (χ1v) is 7.57. The van der Waals surface area contributed by atoms with E-state index in [9.17, 15) is 13.2 Å².